The Labute approximate surface area is 127 Å². The molecule has 1 amide bonds. The van der Waals surface area contributed by atoms with Crippen molar-refractivity contribution >= 4 is 17.6 Å². The van der Waals surface area contributed by atoms with E-state index in [9.17, 15) is 14.0 Å². The average Bonchev–Trinajstić information content (AvgIpc) is 2.48. The number of benzene rings is 2. The number of hydrogen-bond donors (Lipinski definition) is 1. The van der Waals surface area contributed by atoms with Crippen molar-refractivity contribution in [3.8, 4) is 0 Å². The first-order valence-corrected chi connectivity index (χ1v) is 6.80. The number of carbonyl (C=O) groups excluding carboxylic acids is 2. The third-order valence-electron chi connectivity index (χ3n) is 3.06. The van der Waals surface area contributed by atoms with Crippen LogP contribution in [0.15, 0.2) is 48.5 Å². The van der Waals surface area contributed by atoms with Gasteiger partial charge in [-0.25, -0.2) is 9.18 Å². The molecule has 0 aliphatic carbocycles. The summed E-state index contributed by atoms with van der Waals surface area (Å²) in [6, 6.07) is 12.2. The Hall–Kier alpha value is -2.69. The van der Waals surface area contributed by atoms with Gasteiger partial charge in [0.2, 0.25) is 5.91 Å². The number of carbonyl (C=O) groups is 2. The van der Waals surface area contributed by atoms with Gasteiger partial charge >= 0.3 is 5.97 Å². The molecule has 0 radical (unpaired) electrons. The summed E-state index contributed by atoms with van der Waals surface area (Å²) in [5, 5.41) is 2.62. The number of ether oxygens (including phenoxy) is 1. The highest BCUT2D eigenvalue weighted by atomic mass is 19.1. The molecule has 5 heteroatoms. The Morgan fingerprint density at radius 1 is 1.05 bits per heavy atom. The van der Waals surface area contributed by atoms with E-state index in [1.54, 1.807) is 43.3 Å². The molecule has 0 saturated heterocycles. The van der Waals surface area contributed by atoms with Gasteiger partial charge in [-0.1, -0.05) is 12.1 Å². The Morgan fingerprint density at radius 2 is 1.64 bits per heavy atom. The zero-order chi connectivity index (χ0) is 16.1. The van der Waals surface area contributed by atoms with Crippen LogP contribution < -0.4 is 5.32 Å². The van der Waals surface area contributed by atoms with Crippen molar-refractivity contribution in [1.29, 1.82) is 0 Å². The van der Waals surface area contributed by atoms with E-state index in [0.29, 0.717) is 16.8 Å². The van der Waals surface area contributed by atoms with Gasteiger partial charge < -0.3 is 10.1 Å². The van der Waals surface area contributed by atoms with Crippen molar-refractivity contribution in [1.82, 2.24) is 0 Å². The summed E-state index contributed by atoms with van der Waals surface area (Å²) in [6.07, 6.45) is -0.483. The normalized spacial score (nSPS) is 11.6. The molecule has 0 aromatic heterocycles. The molecular formula is C17H16FNO3. The molecule has 0 aliphatic heterocycles. The van der Waals surface area contributed by atoms with E-state index in [2.05, 4.69) is 5.32 Å². The summed E-state index contributed by atoms with van der Waals surface area (Å²) in [4.78, 5) is 23.0. The van der Waals surface area contributed by atoms with Gasteiger partial charge in [-0.05, 0) is 48.9 Å². The van der Waals surface area contributed by atoms with Gasteiger partial charge in [-0.3, -0.25) is 4.79 Å². The number of amides is 1. The zero-order valence-corrected chi connectivity index (χ0v) is 12.3. The molecule has 0 saturated carbocycles. The third-order valence-corrected chi connectivity index (χ3v) is 3.06. The Kier molecular flexibility index (Phi) is 4.88. The highest BCUT2D eigenvalue weighted by molar-refractivity contribution is 5.92. The first-order chi connectivity index (χ1) is 10.5. The second-order valence-corrected chi connectivity index (χ2v) is 4.86. The minimum Gasteiger partial charge on any atom is -0.454 e. The molecular weight excluding hydrogens is 285 g/mol. The highest BCUT2D eigenvalue weighted by Crippen LogP contribution is 2.19. The summed E-state index contributed by atoms with van der Waals surface area (Å²) in [5.74, 6) is -0.998. The van der Waals surface area contributed by atoms with Gasteiger partial charge in [0, 0.05) is 12.6 Å². The van der Waals surface area contributed by atoms with Crippen LogP contribution in [0.2, 0.25) is 0 Å². The van der Waals surface area contributed by atoms with Gasteiger partial charge in [-0.15, -0.1) is 0 Å². The maximum absolute atomic E-state index is 12.9. The number of halogens is 1. The molecule has 0 aliphatic rings. The lowest BCUT2D eigenvalue weighted by atomic mass is 10.1. The van der Waals surface area contributed by atoms with E-state index in [0.717, 1.165) is 0 Å². The second kappa shape index (κ2) is 6.85. The van der Waals surface area contributed by atoms with Gasteiger partial charge in [0.25, 0.3) is 0 Å². The molecule has 2 aromatic carbocycles. The van der Waals surface area contributed by atoms with Crippen molar-refractivity contribution in [3.63, 3.8) is 0 Å². The lowest BCUT2D eigenvalue weighted by Crippen LogP contribution is -2.10. The van der Waals surface area contributed by atoms with Crippen LogP contribution in [0.25, 0.3) is 0 Å². The topological polar surface area (TPSA) is 55.4 Å². The van der Waals surface area contributed by atoms with Gasteiger partial charge in [-0.2, -0.15) is 0 Å². The monoisotopic (exact) mass is 301 g/mol. The van der Waals surface area contributed by atoms with Crippen molar-refractivity contribution in [3.05, 3.63) is 65.5 Å². The van der Waals surface area contributed by atoms with Crippen LogP contribution in [0, 0.1) is 5.82 Å². The van der Waals surface area contributed by atoms with E-state index in [4.69, 9.17) is 4.74 Å². The zero-order valence-electron chi connectivity index (χ0n) is 12.3. The smallest absolute Gasteiger partial charge is 0.338 e. The molecule has 1 atom stereocenters. The Morgan fingerprint density at radius 3 is 2.18 bits per heavy atom. The first-order valence-electron chi connectivity index (χ1n) is 6.80. The maximum atomic E-state index is 12.9. The molecule has 0 heterocycles. The number of rotatable bonds is 4. The van der Waals surface area contributed by atoms with Crippen LogP contribution in [0.4, 0.5) is 10.1 Å². The summed E-state index contributed by atoms with van der Waals surface area (Å²) >= 11 is 0. The number of hydrogen-bond acceptors (Lipinski definition) is 3. The highest BCUT2D eigenvalue weighted by Gasteiger charge is 2.13. The van der Waals surface area contributed by atoms with Gasteiger partial charge in [0.15, 0.2) is 0 Å². The third kappa shape index (κ3) is 4.15. The van der Waals surface area contributed by atoms with Crippen molar-refractivity contribution < 1.29 is 18.7 Å². The predicted octanol–water partition coefficient (Wildman–Crippen LogP) is 3.70. The van der Waals surface area contributed by atoms with Crippen molar-refractivity contribution in [2.75, 3.05) is 5.32 Å². The predicted molar refractivity (Wildman–Crippen MR) is 81.0 cm³/mol. The maximum Gasteiger partial charge on any atom is 0.338 e. The summed E-state index contributed by atoms with van der Waals surface area (Å²) < 4.78 is 18.2. The molecule has 0 fully saturated rings. The SMILES string of the molecule is CC(=O)Nc1ccc(C(=O)OC(C)c2ccc(F)cc2)cc1. The van der Waals surface area contributed by atoms with E-state index in [1.807, 2.05) is 0 Å². The van der Waals surface area contributed by atoms with Crippen LogP contribution >= 0.6 is 0 Å². The molecule has 2 aromatic rings. The van der Waals surface area contributed by atoms with E-state index >= 15 is 0 Å². The van der Waals surface area contributed by atoms with E-state index in [-0.39, 0.29) is 11.7 Å². The minimum absolute atomic E-state index is 0.180. The quantitative estimate of drug-likeness (QED) is 0.876. The molecule has 1 N–H and O–H groups in total. The fourth-order valence-electron chi connectivity index (χ4n) is 1.92. The minimum atomic E-state index is -0.483. The van der Waals surface area contributed by atoms with Gasteiger partial charge in [0.1, 0.15) is 11.9 Å². The average molecular weight is 301 g/mol. The van der Waals surface area contributed by atoms with Crippen LogP contribution in [0.5, 0.6) is 0 Å². The first kappa shape index (κ1) is 15.7. The van der Waals surface area contributed by atoms with Crippen molar-refractivity contribution in [2.24, 2.45) is 0 Å². The van der Waals surface area contributed by atoms with E-state index < -0.39 is 12.1 Å². The number of nitrogens with one attached hydrogen (secondary N) is 1. The number of anilines is 1. The molecule has 114 valence electrons. The lowest BCUT2D eigenvalue weighted by molar-refractivity contribution is -0.114. The molecule has 1 unspecified atom stereocenters. The molecule has 0 bridgehead atoms. The molecule has 0 spiro atoms. The Bertz CT molecular complexity index is 665. The van der Waals surface area contributed by atoms with E-state index in [1.165, 1.54) is 19.1 Å². The van der Waals surface area contributed by atoms with Crippen LogP contribution in [-0.4, -0.2) is 11.9 Å². The van der Waals surface area contributed by atoms with Crippen LogP contribution in [-0.2, 0) is 9.53 Å². The summed E-state index contributed by atoms with van der Waals surface area (Å²) in [6.45, 7) is 3.13. The second-order valence-electron chi connectivity index (χ2n) is 4.86. The van der Waals surface area contributed by atoms with Crippen LogP contribution in [0.1, 0.15) is 35.9 Å². The molecule has 22 heavy (non-hydrogen) atoms. The molecule has 4 nitrogen and oxygen atoms in total. The summed E-state index contributed by atoms with van der Waals surface area (Å²) in [7, 11) is 0. The largest absolute Gasteiger partial charge is 0.454 e. The lowest BCUT2D eigenvalue weighted by Gasteiger charge is -2.14. The fraction of sp³-hybridized carbons (Fsp3) is 0.176. The standard InChI is InChI=1S/C17H16FNO3/c1-11(13-3-7-15(18)8-4-13)22-17(21)14-5-9-16(10-6-14)19-12(2)20/h3-11H,1-2H3,(H,19,20). The molecule has 2 rings (SSSR count). The van der Waals surface area contributed by atoms with Gasteiger partial charge in [0.05, 0.1) is 5.56 Å². The fourth-order valence-corrected chi connectivity index (χ4v) is 1.92. The summed E-state index contributed by atoms with van der Waals surface area (Å²) in [5.41, 5.74) is 1.70. The number of esters is 1. The van der Waals surface area contributed by atoms with Crippen LogP contribution in [0.3, 0.4) is 0 Å². The Balaban J connectivity index is 2.02. The van der Waals surface area contributed by atoms with Crippen molar-refractivity contribution in [2.45, 2.75) is 20.0 Å².